The Labute approximate surface area is 60.5 Å². The Morgan fingerprint density at radius 1 is 1.56 bits per heavy atom. The number of alkyl halides is 1. The van der Waals surface area contributed by atoms with Crippen LogP contribution in [0.5, 0.6) is 0 Å². The van der Waals surface area contributed by atoms with Gasteiger partial charge in [-0.25, -0.2) is 0 Å². The molecule has 0 rings (SSSR count). The Balaban J connectivity index is 3.75. The molecule has 0 saturated carbocycles. The van der Waals surface area contributed by atoms with Crippen LogP contribution in [0.2, 0.25) is 0 Å². The van der Waals surface area contributed by atoms with Crippen LogP contribution in [0.4, 0.5) is 0 Å². The molecule has 9 heavy (non-hydrogen) atoms. The lowest BCUT2D eigenvalue weighted by molar-refractivity contribution is -0.114. The molecule has 0 atom stereocenters. The lowest BCUT2D eigenvalue weighted by Crippen LogP contribution is -2.05. The maximum absolute atomic E-state index is 10.3. The van der Waals surface area contributed by atoms with Crippen LogP contribution >= 0.6 is 23.5 Å². The van der Waals surface area contributed by atoms with Crippen LogP contribution in [-0.2, 0) is 9.36 Å². The first-order valence-electron chi connectivity index (χ1n) is 2.08. The van der Waals surface area contributed by atoms with Crippen molar-refractivity contribution < 1.29 is 19.1 Å². The highest BCUT2D eigenvalue weighted by Crippen LogP contribution is 2.33. The van der Waals surface area contributed by atoms with Gasteiger partial charge in [0.25, 0.3) is 0 Å². The molecule has 0 aromatic heterocycles. The van der Waals surface area contributed by atoms with Crippen LogP contribution in [0.3, 0.4) is 0 Å². The molecule has 0 radical (unpaired) electrons. The molecule has 0 fully saturated rings. The summed E-state index contributed by atoms with van der Waals surface area (Å²) in [5.41, 5.74) is 0. The Kier molecular flexibility index (Phi) is 3.58. The number of halogens is 1. The molecule has 0 amide bonds. The third-order valence-electron chi connectivity index (χ3n) is 0.531. The number of hydrogen-bond acceptors (Lipinski definition) is 2. The molecular formula is C3H6BrO4P. The summed E-state index contributed by atoms with van der Waals surface area (Å²) >= 11 is 2.77. The van der Waals surface area contributed by atoms with Crippen molar-refractivity contribution in [3.05, 3.63) is 0 Å². The van der Waals surface area contributed by atoms with Gasteiger partial charge in [-0.2, -0.15) is 0 Å². The number of Topliss-reactive ketones (excluding diaryl/α,β-unsaturated/α-hetero) is 1. The topological polar surface area (TPSA) is 74.6 Å². The van der Waals surface area contributed by atoms with Crippen molar-refractivity contribution in [1.82, 2.24) is 0 Å². The van der Waals surface area contributed by atoms with Gasteiger partial charge in [0.1, 0.15) is 6.16 Å². The first-order chi connectivity index (χ1) is 3.95. The Bertz CT molecular complexity index is 150. The van der Waals surface area contributed by atoms with Gasteiger partial charge in [0.15, 0.2) is 5.78 Å². The van der Waals surface area contributed by atoms with Gasteiger partial charge in [0.05, 0.1) is 5.33 Å². The molecule has 0 aliphatic heterocycles. The predicted molar refractivity (Wildman–Crippen MR) is 35.7 cm³/mol. The van der Waals surface area contributed by atoms with Crippen molar-refractivity contribution in [2.75, 3.05) is 11.5 Å². The van der Waals surface area contributed by atoms with Gasteiger partial charge in [-0.3, -0.25) is 9.36 Å². The molecule has 0 bridgehead atoms. The van der Waals surface area contributed by atoms with Crippen LogP contribution in [0.15, 0.2) is 0 Å². The fourth-order valence-corrected chi connectivity index (χ4v) is 1.35. The molecule has 0 aromatic rings. The Morgan fingerprint density at radius 3 is 2.11 bits per heavy atom. The maximum Gasteiger partial charge on any atom is 0.332 e. The molecule has 2 N–H and O–H groups in total. The minimum Gasteiger partial charge on any atom is -0.324 e. The van der Waals surface area contributed by atoms with E-state index in [9.17, 15) is 9.36 Å². The van der Waals surface area contributed by atoms with Gasteiger partial charge in [0.2, 0.25) is 0 Å². The van der Waals surface area contributed by atoms with Gasteiger partial charge < -0.3 is 9.79 Å². The molecule has 54 valence electrons. The third-order valence-corrected chi connectivity index (χ3v) is 1.92. The number of rotatable bonds is 3. The van der Waals surface area contributed by atoms with E-state index in [-0.39, 0.29) is 5.33 Å². The molecular weight excluding hydrogens is 211 g/mol. The molecule has 0 aliphatic carbocycles. The van der Waals surface area contributed by atoms with Crippen molar-refractivity contribution in [3.63, 3.8) is 0 Å². The number of ketones is 1. The van der Waals surface area contributed by atoms with E-state index in [2.05, 4.69) is 15.9 Å². The Morgan fingerprint density at radius 2 is 2.00 bits per heavy atom. The standard InChI is InChI=1S/C3H6BrO4P/c4-1-3(5)2-9(6,7)8/h1-2H2,(H2,6,7,8). The van der Waals surface area contributed by atoms with Gasteiger partial charge in [-0.05, 0) is 0 Å². The van der Waals surface area contributed by atoms with Crippen molar-refractivity contribution in [3.8, 4) is 0 Å². The summed E-state index contributed by atoms with van der Waals surface area (Å²) in [5.74, 6) is -0.483. The van der Waals surface area contributed by atoms with Crippen molar-refractivity contribution in [2.45, 2.75) is 0 Å². The molecule has 0 unspecified atom stereocenters. The highest BCUT2D eigenvalue weighted by Gasteiger charge is 2.17. The van der Waals surface area contributed by atoms with E-state index in [4.69, 9.17) is 9.79 Å². The van der Waals surface area contributed by atoms with Crippen molar-refractivity contribution in [1.29, 1.82) is 0 Å². The minimum absolute atomic E-state index is 0.00188. The van der Waals surface area contributed by atoms with E-state index in [1.807, 2.05) is 0 Å². The van der Waals surface area contributed by atoms with Gasteiger partial charge in [0, 0.05) is 0 Å². The van der Waals surface area contributed by atoms with Gasteiger partial charge in [-0.1, -0.05) is 15.9 Å². The molecule has 0 spiro atoms. The van der Waals surface area contributed by atoms with Crippen molar-refractivity contribution in [2.24, 2.45) is 0 Å². The van der Waals surface area contributed by atoms with Gasteiger partial charge >= 0.3 is 7.60 Å². The van der Waals surface area contributed by atoms with E-state index in [0.717, 1.165) is 0 Å². The van der Waals surface area contributed by atoms with Crippen LogP contribution in [-0.4, -0.2) is 27.1 Å². The lowest BCUT2D eigenvalue weighted by Gasteiger charge is -1.98. The number of carbonyl (C=O) groups excluding carboxylic acids is 1. The van der Waals surface area contributed by atoms with Crippen LogP contribution < -0.4 is 0 Å². The fraction of sp³-hybridized carbons (Fsp3) is 0.667. The molecule has 6 heteroatoms. The van der Waals surface area contributed by atoms with E-state index >= 15 is 0 Å². The fourth-order valence-electron chi connectivity index (χ4n) is 0.272. The van der Waals surface area contributed by atoms with E-state index in [0.29, 0.717) is 0 Å². The zero-order valence-corrected chi connectivity index (χ0v) is 6.93. The first-order valence-corrected chi connectivity index (χ1v) is 5.00. The first kappa shape index (κ1) is 9.30. The summed E-state index contributed by atoms with van der Waals surface area (Å²) in [7, 11) is -4.12. The van der Waals surface area contributed by atoms with Gasteiger partial charge in [-0.15, -0.1) is 0 Å². The largest absolute Gasteiger partial charge is 0.332 e. The second kappa shape index (κ2) is 3.46. The third kappa shape index (κ3) is 6.18. The quantitative estimate of drug-likeness (QED) is 0.520. The summed E-state index contributed by atoms with van der Waals surface area (Å²) in [6.45, 7) is 0. The summed E-state index contributed by atoms with van der Waals surface area (Å²) in [5, 5.41) is -0.00188. The zero-order valence-electron chi connectivity index (χ0n) is 4.45. The van der Waals surface area contributed by atoms with Crippen molar-refractivity contribution >= 4 is 29.3 Å². The second-order valence-electron chi connectivity index (χ2n) is 1.50. The second-order valence-corrected chi connectivity index (χ2v) is 3.70. The summed E-state index contributed by atoms with van der Waals surface area (Å²) < 4.78 is 10.1. The summed E-state index contributed by atoms with van der Waals surface area (Å²) in [6.07, 6.45) is -0.668. The average Bonchev–Trinajstić information content (AvgIpc) is 1.62. The number of carbonyl (C=O) groups is 1. The smallest absolute Gasteiger partial charge is 0.324 e. The van der Waals surface area contributed by atoms with Crippen LogP contribution in [0.25, 0.3) is 0 Å². The molecule has 0 heterocycles. The van der Waals surface area contributed by atoms with Crippen LogP contribution in [0, 0.1) is 0 Å². The van der Waals surface area contributed by atoms with E-state index in [1.54, 1.807) is 0 Å². The molecule has 0 aromatic carbocycles. The molecule has 0 saturated heterocycles. The normalized spacial score (nSPS) is 11.4. The van der Waals surface area contributed by atoms with E-state index in [1.165, 1.54) is 0 Å². The van der Waals surface area contributed by atoms with Crippen LogP contribution in [0.1, 0.15) is 0 Å². The summed E-state index contributed by atoms with van der Waals surface area (Å²) in [4.78, 5) is 26.7. The zero-order chi connectivity index (χ0) is 7.49. The van der Waals surface area contributed by atoms with E-state index < -0.39 is 19.5 Å². The number of hydrogen-bond donors (Lipinski definition) is 2. The highest BCUT2D eigenvalue weighted by molar-refractivity contribution is 9.09. The average molecular weight is 217 g/mol. The summed E-state index contributed by atoms with van der Waals surface area (Å²) in [6, 6.07) is 0. The molecule has 4 nitrogen and oxygen atoms in total. The predicted octanol–water partition coefficient (Wildman–Crippen LogP) is 0.128. The molecule has 0 aliphatic rings. The maximum atomic E-state index is 10.3. The lowest BCUT2D eigenvalue weighted by atomic mass is 10.5. The Hall–Kier alpha value is 0.300. The highest BCUT2D eigenvalue weighted by atomic mass is 79.9. The monoisotopic (exact) mass is 216 g/mol. The minimum atomic E-state index is -4.12. The SMILES string of the molecule is O=C(CBr)CP(=O)(O)O.